The molecular weight excluding hydrogens is 336 g/mol. The van der Waals surface area contributed by atoms with E-state index < -0.39 is 0 Å². The van der Waals surface area contributed by atoms with E-state index in [4.69, 9.17) is 9.72 Å². The minimum absolute atomic E-state index is 0.0389. The number of benzene rings is 2. The van der Waals surface area contributed by atoms with E-state index in [1.165, 1.54) is 0 Å². The molecule has 27 heavy (non-hydrogen) atoms. The van der Waals surface area contributed by atoms with E-state index in [9.17, 15) is 4.79 Å². The third kappa shape index (κ3) is 3.80. The molecule has 1 amide bonds. The maximum Gasteiger partial charge on any atom is 0.254 e. The average molecular weight is 362 g/mol. The van der Waals surface area contributed by atoms with Crippen LogP contribution >= 0.6 is 0 Å². The van der Waals surface area contributed by atoms with Gasteiger partial charge in [0.2, 0.25) is 0 Å². The molecule has 4 nitrogen and oxygen atoms in total. The number of nitrogens with zero attached hydrogens (tertiary/aromatic N) is 2. The van der Waals surface area contributed by atoms with E-state index in [1.54, 1.807) is 7.11 Å². The smallest absolute Gasteiger partial charge is 0.254 e. The van der Waals surface area contributed by atoms with E-state index in [1.807, 2.05) is 66.5 Å². The SMILES string of the molecule is CCC(CC)N(C)C(=O)c1cc(-c2ccc(OC)cc2)nc2ccccc12. The predicted octanol–water partition coefficient (Wildman–Crippen LogP) is 5.17. The van der Waals surface area contributed by atoms with Gasteiger partial charge in [0.1, 0.15) is 5.75 Å². The van der Waals surface area contributed by atoms with Crippen LogP contribution in [0.15, 0.2) is 54.6 Å². The number of ether oxygens (including phenoxy) is 1. The number of pyridine rings is 1. The predicted molar refractivity (Wildman–Crippen MR) is 110 cm³/mol. The highest BCUT2D eigenvalue weighted by Gasteiger charge is 2.21. The largest absolute Gasteiger partial charge is 0.497 e. The molecule has 0 radical (unpaired) electrons. The van der Waals surface area contributed by atoms with Crippen LogP contribution < -0.4 is 4.74 Å². The minimum atomic E-state index is 0.0389. The van der Waals surface area contributed by atoms with Crippen molar-refractivity contribution in [3.8, 4) is 17.0 Å². The molecule has 0 bridgehead atoms. The summed E-state index contributed by atoms with van der Waals surface area (Å²) in [6.07, 6.45) is 1.88. The Bertz CT molecular complexity index is 931. The normalized spacial score (nSPS) is 11.0. The molecule has 0 spiro atoms. The summed E-state index contributed by atoms with van der Waals surface area (Å²) in [6, 6.07) is 17.7. The van der Waals surface area contributed by atoms with E-state index >= 15 is 0 Å². The van der Waals surface area contributed by atoms with E-state index in [-0.39, 0.29) is 11.9 Å². The lowest BCUT2D eigenvalue weighted by atomic mass is 10.0. The number of aromatic nitrogens is 1. The molecule has 0 saturated carbocycles. The number of fused-ring (bicyclic) bond motifs is 1. The summed E-state index contributed by atoms with van der Waals surface area (Å²) in [6.45, 7) is 4.23. The number of hydrogen-bond acceptors (Lipinski definition) is 3. The Hall–Kier alpha value is -2.88. The van der Waals surface area contributed by atoms with Crippen molar-refractivity contribution in [2.24, 2.45) is 0 Å². The van der Waals surface area contributed by atoms with Crippen molar-refractivity contribution < 1.29 is 9.53 Å². The molecule has 0 atom stereocenters. The third-order valence-electron chi connectivity index (χ3n) is 5.14. The first-order valence-corrected chi connectivity index (χ1v) is 9.40. The second kappa shape index (κ2) is 8.21. The van der Waals surface area contributed by atoms with Gasteiger partial charge in [0, 0.05) is 24.0 Å². The fourth-order valence-electron chi connectivity index (χ4n) is 3.45. The highest BCUT2D eigenvalue weighted by molar-refractivity contribution is 6.07. The number of methoxy groups -OCH3 is 1. The van der Waals surface area contributed by atoms with Gasteiger partial charge in [-0.3, -0.25) is 4.79 Å². The van der Waals surface area contributed by atoms with E-state index in [2.05, 4.69) is 13.8 Å². The number of amides is 1. The average Bonchev–Trinajstić information content (AvgIpc) is 2.73. The van der Waals surface area contributed by atoms with Gasteiger partial charge in [-0.25, -0.2) is 4.98 Å². The Morgan fingerprint density at radius 3 is 2.37 bits per heavy atom. The number of hydrogen-bond donors (Lipinski definition) is 0. The quantitative estimate of drug-likeness (QED) is 0.607. The Kier molecular flexibility index (Phi) is 5.75. The van der Waals surface area contributed by atoms with Gasteiger partial charge in [0.05, 0.1) is 23.9 Å². The molecule has 0 aliphatic carbocycles. The number of rotatable bonds is 6. The van der Waals surface area contributed by atoms with Crippen molar-refractivity contribution in [1.29, 1.82) is 0 Å². The Labute approximate surface area is 160 Å². The zero-order valence-electron chi connectivity index (χ0n) is 16.4. The molecule has 3 aromatic rings. The van der Waals surface area contributed by atoms with Crippen molar-refractivity contribution in [1.82, 2.24) is 9.88 Å². The Morgan fingerprint density at radius 1 is 1.07 bits per heavy atom. The molecule has 2 aromatic carbocycles. The second-order valence-corrected chi connectivity index (χ2v) is 6.69. The highest BCUT2D eigenvalue weighted by atomic mass is 16.5. The van der Waals surface area contributed by atoms with Crippen LogP contribution in [0.3, 0.4) is 0 Å². The molecule has 0 unspecified atom stereocenters. The molecule has 3 rings (SSSR count). The maximum absolute atomic E-state index is 13.3. The van der Waals surface area contributed by atoms with Gasteiger partial charge in [0.25, 0.3) is 5.91 Å². The molecule has 0 fully saturated rings. The van der Waals surface area contributed by atoms with Crippen molar-refractivity contribution >= 4 is 16.8 Å². The van der Waals surface area contributed by atoms with Gasteiger partial charge in [-0.1, -0.05) is 32.0 Å². The molecule has 140 valence electrons. The summed E-state index contributed by atoms with van der Waals surface area (Å²) >= 11 is 0. The first-order chi connectivity index (χ1) is 13.1. The molecule has 0 N–H and O–H groups in total. The first kappa shape index (κ1) is 18.9. The van der Waals surface area contributed by atoms with E-state index in [0.717, 1.165) is 40.8 Å². The third-order valence-corrected chi connectivity index (χ3v) is 5.14. The summed E-state index contributed by atoms with van der Waals surface area (Å²) in [4.78, 5) is 19.9. The van der Waals surface area contributed by atoms with Gasteiger partial charge < -0.3 is 9.64 Å². The van der Waals surface area contributed by atoms with Gasteiger partial charge in [0.15, 0.2) is 0 Å². The second-order valence-electron chi connectivity index (χ2n) is 6.69. The maximum atomic E-state index is 13.3. The van der Waals surface area contributed by atoms with Crippen molar-refractivity contribution in [2.75, 3.05) is 14.2 Å². The lowest BCUT2D eigenvalue weighted by molar-refractivity contribution is 0.0725. The summed E-state index contributed by atoms with van der Waals surface area (Å²) in [7, 11) is 3.54. The molecule has 0 saturated heterocycles. The van der Waals surface area contributed by atoms with Crippen LogP contribution in [0.1, 0.15) is 37.0 Å². The number of para-hydroxylation sites is 1. The van der Waals surface area contributed by atoms with Crippen molar-refractivity contribution in [3.63, 3.8) is 0 Å². The van der Waals surface area contributed by atoms with Gasteiger partial charge in [-0.05, 0) is 49.2 Å². The zero-order chi connectivity index (χ0) is 19.4. The van der Waals surface area contributed by atoms with Crippen LogP contribution in [0.5, 0.6) is 5.75 Å². The standard InChI is InChI=1S/C23H26N2O2/c1-5-17(6-2)25(3)23(26)20-15-22(16-11-13-18(27-4)14-12-16)24-21-10-8-7-9-19(20)21/h7-15,17H,5-6H2,1-4H3. The molecule has 1 heterocycles. The van der Waals surface area contributed by atoms with Crippen LogP contribution in [0.4, 0.5) is 0 Å². The number of carbonyl (C=O) groups is 1. The molecule has 1 aromatic heterocycles. The molecular formula is C23H26N2O2. The van der Waals surface area contributed by atoms with Crippen molar-refractivity contribution in [3.05, 3.63) is 60.2 Å². The Morgan fingerprint density at radius 2 is 1.74 bits per heavy atom. The summed E-state index contributed by atoms with van der Waals surface area (Å²) in [5.41, 5.74) is 3.27. The molecule has 0 aliphatic heterocycles. The summed E-state index contributed by atoms with van der Waals surface area (Å²) in [5.74, 6) is 0.835. The van der Waals surface area contributed by atoms with Crippen LogP contribution in [-0.2, 0) is 0 Å². The zero-order valence-corrected chi connectivity index (χ0v) is 16.4. The monoisotopic (exact) mass is 362 g/mol. The lowest BCUT2D eigenvalue weighted by Gasteiger charge is -2.27. The van der Waals surface area contributed by atoms with Gasteiger partial charge in [-0.2, -0.15) is 0 Å². The molecule has 0 aliphatic rings. The van der Waals surface area contributed by atoms with Crippen LogP contribution in [-0.4, -0.2) is 36.0 Å². The van der Waals surface area contributed by atoms with Crippen molar-refractivity contribution in [2.45, 2.75) is 32.7 Å². The van der Waals surface area contributed by atoms with Gasteiger partial charge >= 0.3 is 0 Å². The number of carbonyl (C=O) groups excluding carboxylic acids is 1. The minimum Gasteiger partial charge on any atom is -0.497 e. The Balaban J connectivity index is 2.11. The van der Waals surface area contributed by atoms with E-state index in [0.29, 0.717) is 5.56 Å². The molecule has 4 heteroatoms. The fraction of sp³-hybridized carbons (Fsp3) is 0.304. The van der Waals surface area contributed by atoms with Crippen LogP contribution in [0, 0.1) is 0 Å². The van der Waals surface area contributed by atoms with Crippen LogP contribution in [0.25, 0.3) is 22.2 Å². The topological polar surface area (TPSA) is 42.4 Å². The summed E-state index contributed by atoms with van der Waals surface area (Å²) < 4.78 is 5.24. The highest BCUT2D eigenvalue weighted by Crippen LogP contribution is 2.27. The summed E-state index contributed by atoms with van der Waals surface area (Å²) in [5, 5.41) is 0.887. The van der Waals surface area contributed by atoms with Gasteiger partial charge in [-0.15, -0.1) is 0 Å². The lowest BCUT2D eigenvalue weighted by Crippen LogP contribution is -2.36. The van der Waals surface area contributed by atoms with Crippen LogP contribution in [0.2, 0.25) is 0 Å². The first-order valence-electron chi connectivity index (χ1n) is 9.40. The fourth-order valence-corrected chi connectivity index (χ4v) is 3.45.